The Labute approximate surface area is 106 Å². The zero-order chi connectivity index (χ0) is 12.9. The first-order chi connectivity index (χ1) is 7.99. The van der Waals surface area contributed by atoms with Crippen molar-refractivity contribution >= 4 is 21.4 Å². The van der Waals surface area contributed by atoms with Crippen molar-refractivity contribution in [2.75, 3.05) is 6.54 Å². The Balaban J connectivity index is 2.71. The van der Waals surface area contributed by atoms with Gasteiger partial charge in [-0.2, -0.15) is 0 Å². The van der Waals surface area contributed by atoms with Gasteiger partial charge in [0.05, 0.1) is 11.2 Å². The van der Waals surface area contributed by atoms with Gasteiger partial charge in [0.1, 0.15) is 0 Å². The number of sulfonamides is 1. The fraction of sp³-hybridized carbons (Fsp3) is 0.700. The van der Waals surface area contributed by atoms with Gasteiger partial charge in [-0.05, 0) is 13.3 Å². The third-order valence-corrected chi connectivity index (χ3v) is 5.27. The van der Waals surface area contributed by atoms with Gasteiger partial charge >= 0.3 is 0 Å². The molecule has 0 aliphatic heterocycles. The summed E-state index contributed by atoms with van der Waals surface area (Å²) in [5, 5.41) is 0.739. The van der Waals surface area contributed by atoms with Gasteiger partial charge < -0.3 is 5.73 Å². The van der Waals surface area contributed by atoms with Crippen LogP contribution in [0.2, 0.25) is 0 Å². The number of hydrogen-bond acceptors (Lipinski definition) is 5. The molecule has 1 rings (SSSR count). The molecule has 1 heterocycles. The van der Waals surface area contributed by atoms with Crippen LogP contribution in [0.5, 0.6) is 0 Å². The van der Waals surface area contributed by atoms with Gasteiger partial charge in [-0.1, -0.05) is 19.8 Å². The summed E-state index contributed by atoms with van der Waals surface area (Å²) in [5.41, 5.74) is 5.56. The van der Waals surface area contributed by atoms with Gasteiger partial charge in [-0.25, -0.2) is 18.1 Å². The normalized spacial score (nSPS) is 13.8. The van der Waals surface area contributed by atoms with Crippen LogP contribution in [0.3, 0.4) is 0 Å². The number of aromatic nitrogens is 1. The maximum absolute atomic E-state index is 12.0. The third kappa shape index (κ3) is 4.34. The Hall–Kier alpha value is -0.500. The van der Waals surface area contributed by atoms with Crippen molar-refractivity contribution in [2.45, 2.75) is 43.4 Å². The van der Waals surface area contributed by atoms with Crippen molar-refractivity contribution in [3.63, 3.8) is 0 Å². The molecule has 0 aliphatic carbocycles. The Kier molecular flexibility index (Phi) is 5.51. The molecule has 1 aromatic heterocycles. The van der Waals surface area contributed by atoms with Crippen molar-refractivity contribution in [3.05, 3.63) is 11.2 Å². The lowest BCUT2D eigenvalue weighted by Gasteiger charge is -2.15. The summed E-state index contributed by atoms with van der Waals surface area (Å²) in [6.45, 7) is 4.16. The number of nitrogens with zero attached hydrogens (tertiary/aromatic N) is 1. The molecule has 0 amide bonds. The monoisotopic (exact) mass is 277 g/mol. The smallest absolute Gasteiger partial charge is 0.251 e. The van der Waals surface area contributed by atoms with Crippen molar-refractivity contribution in [1.29, 1.82) is 0 Å². The molecule has 1 aromatic rings. The molecule has 98 valence electrons. The molecule has 0 aliphatic rings. The number of rotatable bonds is 7. The predicted octanol–water partition coefficient (Wildman–Crippen LogP) is 1.25. The Morgan fingerprint density at radius 1 is 1.59 bits per heavy atom. The summed E-state index contributed by atoms with van der Waals surface area (Å²) >= 11 is 1.17. The summed E-state index contributed by atoms with van der Waals surface area (Å²) in [7, 11) is -3.46. The van der Waals surface area contributed by atoms with Gasteiger partial charge in [-0.15, -0.1) is 11.3 Å². The number of hydrogen-bond donors (Lipinski definition) is 2. The highest BCUT2D eigenvalue weighted by Gasteiger charge is 2.20. The van der Waals surface area contributed by atoms with Crippen LogP contribution < -0.4 is 10.5 Å². The van der Waals surface area contributed by atoms with Crippen molar-refractivity contribution < 1.29 is 8.42 Å². The van der Waals surface area contributed by atoms with Crippen molar-refractivity contribution in [3.8, 4) is 0 Å². The molecular formula is C10H19N3O2S2. The topological polar surface area (TPSA) is 85.1 Å². The van der Waals surface area contributed by atoms with E-state index in [0.717, 1.165) is 24.3 Å². The van der Waals surface area contributed by atoms with Crippen LogP contribution in [0.15, 0.2) is 10.4 Å². The second-order valence-electron chi connectivity index (χ2n) is 3.89. The van der Waals surface area contributed by atoms with Crippen molar-refractivity contribution in [1.82, 2.24) is 9.71 Å². The number of unbranched alkanes of at least 4 members (excludes halogenated alkanes) is 1. The fourth-order valence-corrected chi connectivity index (χ4v) is 3.83. The van der Waals surface area contributed by atoms with Crippen LogP contribution in [-0.4, -0.2) is 26.0 Å². The van der Waals surface area contributed by atoms with Gasteiger partial charge in [-0.3, -0.25) is 0 Å². The summed E-state index contributed by atoms with van der Waals surface area (Å²) < 4.78 is 26.8. The molecule has 0 saturated heterocycles. The summed E-state index contributed by atoms with van der Waals surface area (Å²) in [6, 6.07) is -0.192. The molecule has 7 heteroatoms. The Morgan fingerprint density at radius 3 is 2.76 bits per heavy atom. The van der Waals surface area contributed by atoms with Crippen LogP contribution in [0.4, 0.5) is 0 Å². The number of thiazole rings is 1. The van der Waals surface area contributed by atoms with E-state index in [9.17, 15) is 8.42 Å². The molecule has 17 heavy (non-hydrogen) atoms. The number of nitrogens with two attached hydrogens (primary N) is 1. The first kappa shape index (κ1) is 14.6. The standard InChI is InChI=1S/C10H19N3O2S2/c1-3-4-5-9(6-11)13-17(14,15)10-7-12-8(2)16-10/h7,9,13H,3-6,11H2,1-2H3. The average molecular weight is 277 g/mol. The first-order valence-electron chi connectivity index (χ1n) is 5.64. The minimum Gasteiger partial charge on any atom is -0.329 e. The van der Waals surface area contributed by atoms with E-state index in [0.29, 0.717) is 6.54 Å². The van der Waals surface area contributed by atoms with Gasteiger partial charge in [0, 0.05) is 12.6 Å². The number of aryl methyl sites for hydroxylation is 1. The zero-order valence-electron chi connectivity index (χ0n) is 10.1. The molecule has 0 aromatic carbocycles. The maximum Gasteiger partial charge on any atom is 0.251 e. The minimum atomic E-state index is -3.46. The first-order valence-corrected chi connectivity index (χ1v) is 7.94. The molecule has 0 fully saturated rings. The summed E-state index contributed by atoms with van der Waals surface area (Å²) in [5.74, 6) is 0. The number of nitrogens with one attached hydrogen (secondary N) is 1. The minimum absolute atomic E-state index is 0.192. The Morgan fingerprint density at radius 2 is 2.29 bits per heavy atom. The van der Waals surface area contributed by atoms with Crippen LogP contribution in [0, 0.1) is 6.92 Å². The lowest BCUT2D eigenvalue weighted by Crippen LogP contribution is -2.39. The van der Waals surface area contributed by atoms with E-state index in [-0.39, 0.29) is 10.3 Å². The van der Waals surface area contributed by atoms with Crippen LogP contribution >= 0.6 is 11.3 Å². The van der Waals surface area contributed by atoms with E-state index in [4.69, 9.17) is 5.73 Å². The molecule has 1 unspecified atom stereocenters. The average Bonchev–Trinajstić information content (AvgIpc) is 2.71. The molecule has 0 bridgehead atoms. The van der Waals surface area contributed by atoms with Crippen LogP contribution in [-0.2, 0) is 10.0 Å². The van der Waals surface area contributed by atoms with E-state index in [1.807, 2.05) is 0 Å². The molecule has 0 radical (unpaired) electrons. The lowest BCUT2D eigenvalue weighted by molar-refractivity contribution is 0.517. The molecule has 1 atom stereocenters. The highest BCUT2D eigenvalue weighted by Crippen LogP contribution is 2.18. The summed E-state index contributed by atoms with van der Waals surface area (Å²) in [4.78, 5) is 3.95. The van der Waals surface area contributed by atoms with E-state index < -0.39 is 10.0 Å². The molecule has 0 spiro atoms. The molecular weight excluding hydrogens is 258 g/mol. The molecule has 0 saturated carbocycles. The third-order valence-electron chi connectivity index (χ3n) is 2.38. The van der Waals surface area contributed by atoms with Gasteiger partial charge in [0.2, 0.25) is 0 Å². The maximum atomic E-state index is 12.0. The van der Waals surface area contributed by atoms with E-state index in [2.05, 4.69) is 16.6 Å². The fourth-order valence-electron chi connectivity index (χ4n) is 1.42. The van der Waals surface area contributed by atoms with Gasteiger partial charge in [0.25, 0.3) is 10.0 Å². The van der Waals surface area contributed by atoms with E-state index in [1.165, 1.54) is 17.5 Å². The predicted molar refractivity (Wildman–Crippen MR) is 69.5 cm³/mol. The molecule has 5 nitrogen and oxygen atoms in total. The second kappa shape index (κ2) is 6.44. The zero-order valence-corrected chi connectivity index (χ0v) is 11.8. The molecule has 3 N–H and O–H groups in total. The quantitative estimate of drug-likeness (QED) is 0.785. The van der Waals surface area contributed by atoms with Gasteiger partial charge in [0.15, 0.2) is 4.21 Å². The lowest BCUT2D eigenvalue weighted by atomic mass is 10.1. The van der Waals surface area contributed by atoms with Crippen LogP contribution in [0.1, 0.15) is 31.2 Å². The van der Waals surface area contributed by atoms with E-state index in [1.54, 1.807) is 6.92 Å². The largest absolute Gasteiger partial charge is 0.329 e. The van der Waals surface area contributed by atoms with E-state index >= 15 is 0 Å². The highest BCUT2D eigenvalue weighted by molar-refractivity contribution is 7.91. The summed E-state index contributed by atoms with van der Waals surface area (Å²) in [6.07, 6.45) is 4.14. The Bertz CT molecular complexity index is 442. The SMILES string of the molecule is CCCCC(CN)NS(=O)(=O)c1cnc(C)s1. The van der Waals surface area contributed by atoms with Crippen LogP contribution in [0.25, 0.3) is 0 Å². The van der Waals surface area contributed by atoms with Crippen molar-refractivity contribution in [2.24, 2.45) is 5.73 Å². The second-order valence-corrected chi connectivity index (χ2v) is 7.07. The highest BCUT2D eigenvalue weighted by atomic mass is 32.2.